The molecule has 1 unspecified atom stereocenters. The van der Waals surface area contributed by atoms with Gasteiger partial charge in [-0.3, -0.25) is 0 Å². The predicted molar refractivity (Wildman–Crippen MR) is 108 cm³/mol. The van der Waals surface area contributed by atoms with E-state index >= 15 is 4.39 Å². The second kappa shape index (κ2) is 7.13. The van der Waals surface area contributed by atoms with Crippen LogP contribution in [0.4, 0.5) is 8.78 Å². The predicted octanol–water partition coefficient (Wildman–Crippen LogP) is 4.06. The summed E-state index contributed by atoms with van der Waals surface area (Å²) in [6, 6.07) is 7.55. The zero-order valence-electron chi connectivity index (χ0n) is 16.6. The fourth-order valence-corrected chi connectivity index (χ4v) is 8.26. The number of hydrogen-bond acceptors (Lipinski definition) is 5. The molecule has 1 saturated heterocycles. The highest BCUT2D eigenvalue weighted by Crippen LogP contribution is 2.61. The first-order valence-corrected chi connectivity index (χ1v) is 12.0. The fourth-order valence-electron chi connectivity index (χ4n) is 5.75. The molecule has 0 bridgehead atoms. The van der Waals surface area contributed by atoms with E-state index in [0.29, 0.717) is 5.02 Å². The zero-order chi connectivity index (χ0) is 22.1. The van der Waals surface area contributed by atoms with Crippen LogP contribution in [0.1, 0.15) is 25.3 Å². The molecule has 1 saturated carbocycles. The van der Waals surface area contributed by atoms with Crippen molar-refractivity contribution in [2.45, 2.75) is 41.8 Å². The van der Waals surface area contributed by atoms with Crippen molar-refractivity contribution in [1.82, 2.24) is 0 Å². The van der Waals surface area contributed by atoms with Gasteiger partial charge in [0, 0.05) is 22.8 Å². The van der Waals surface area contributed by atoms with E-state index < -0.39 is 50.3 Å². The summed E-state index contributed by atoms with van der Waals surface area (Å²) < 4.78 is 67.8. The maximum atomic E-state index is 15.3. The Morgan fingerprint density at radius 3 is 2.52 bits per heavy atom. The number of fused-ring (bicyclic) bond motifs is 5. The molecule has 1 N–H and O–H groups in total. The van der Waals surface area contributed by atoms with E-state index in [1.807, 2.05) is 0 Å². The number of ether oxygens (including phenoxy) is 2. The van der Waals surface area contributed by atoms with Gasteiger partial charge in [0.2, 0.25) is 0 Å². The first-order chi connectivity index (χ1) is 14.7. The molecule has 0 aromatic heterocycles. The average molecular weight is 471 g/mol. The van der Waals surface area contributed by atoms with Gasteiger partial charge >= 0.3 is 0 Å². The highest BCUT2D eigenvalue weighted by Gasteiger charge is 2.65. The van der Waals surface area contributed by atoms with E-state index in [-0.39, 0.29) is 41.8 Å². The van der Waals surface area contributed by atoms with Gasteiger partial charge in [0.1, 0.15) is 10.6 Å². The maximum absolute atomic E-state index is 15.3. The van der Waals surface area contributed by atoms with Gasteiger partial charge in [0.15, 0.2) is 27.7 Å². The largest absolute Gasteiger partial charge is 0.490 e. The number of hydrogen-bond donors (Lipinski definition) is 1. The topological polar surface area (TPSA) is 72.8 Å². The third kappa shape index (κ3) is 2.81. The lowest BCUT2D eigenvalue weighted by Crippen LogP contribution is -2.57. The molecule has 5 rings (SSSR count). The van der Waals surface area contributed by atoms with Gasteiger partial charge in [0.05, 0.1) is 23.2 Å². The molecule has 0 spiro atoms. The Bertz CT molecular complexity index is 1140. The van der Waals surface area contributed by atoms with Crippen LogP contribution in [0.5, 0.6) is 5.75 Å². The molecule has 6 atom stereocenters. The van der Waals surface area contributed by atoms with Crippen molar-refractivity contribution < 1.29 is 31.8 Å². The number of aliphatic hydroxyl groups is 1. The minimum Gasteiger partial charge on any atom is -0.490 e. The van der Waals surface area contributed by atoms with E-state index in [4.69, 9.17) is 21.1 Å². The molecule has 166 valence electrons. The Balaban J connectivity index is 1.80. The van der Waals surface area contributed by atoms with Crippen LogP contribution in [0.25, 0.3) is 0 Å². The lowest BCUT2D eigenvalue weighted by Gasteiger charge is -2.51. The highest BCUT2D eigenvalue weighted by molar-refractivity contribution is 7.92. The molecule has 31 heavy (non-hydrogen) atoms. The van der Waals surface area contributed by atoms with E-state index in [0.717, 1.165) is 12.1 Å². The third-order valence-electron chi connectivity index (χ3n) is 7.16. The molecule has 1 aliphatic carbocycles. The molecule has 2 fully saturated rings. The van der Waals surface area contributed by atoms with Crippen molar-refractivity contribution >= 4 is 21.4 Å². The van der Waals surface area contributed by atoms with Crippen molar-refractivity contribution in [3.8, 4) is 5.75 Å². The molecule has 2 aromatic carbocycles. The van der Waals surface area contributed by atoms with E-state index in [1.54, 1.807) is 6.92 Å². The summed E-state index contributed by atoms with van der Waals surface area (Å²) in [6.07, 6.45) is -1.14. The Kier molecular flexibility index (Phi) is 4.86. The molecule has 2 heterocycles. The summed E-state index contributed by atoms with van der Waals surface area (Å²) >= 11 is 5.95. The zero-order valence-corrected chi connectivity index (χ0v) is 18.2. The normalized spacial score (nSPS) is 34.4. The van der Waals surface area contributed by atoms with Gasteiger partial charge in [0.25, 0.3) is 0 Å². The van der Waals surface area contributed by atoms with Gasteiger partial charge in [-0.1, -0.05) is 18.5 Å². The molecule has 5 nitrogen and oxygen atoms in total. The van der Waals surface area contributed by atoms with Crippen LogP contribution < -0.4 is 4.74 Å². The highest BCUT2D eigenvalue weighted by atomic mass is 35.5. The van der Waals surface area contributed by atoms with Crippen LogP contribution in [0.15, 0.2) is 41.3 Å². The summed E-state index contributed by atoms with van der Waals surface area (Å²) in [5.74, 6) is -3.52. The van der Waals surface area contributed by atoms with E-state index in [9.17, 15) is 17.9 Å². The number of aliphatic hydroxyl groups excluding tert-OH is 1. The lowest BCUT2D eigenvalue weighted by molar-refractivity contribution is -0.111. The van der Waals surface area contributed by atoms with Crippen molar-refractivity contribution in [3.05, 3.63) is 58.6 Å². The van der Waals surface area contributed by atoms with Crippen molar-refractivity contribution in [2.75, 3.05) is 6.61 Å². The standard InChI is InChI=1S/C22H21ClF2O5S/c1-11-18-14-10-29-20-16(25)7-6-15(24)19(20)22(14,9-8-17(18)30-21(11)26)31(27,28)13-4-2-12(23)3-5-13/h2-7,11,14,17-18,21,26H,8-10H2,1H3/t11-,14+,17+,18-,21?,22+/m1/s1. The van der Waals surface area contributed by atoms with Crippen LogP contribution in [-0.2, 0) is 19.3 Å². The average Bonchev–Trinajstić information content (AvgIpc) is 3.04. The van der Waals surface area contributed by atoms with Crippen LogP contribution >= 0.6 is 11.6 Å². The third-order valence-corrected chi connectivity index (χ3v) is 9.97. The summed E-state index contributed by atoms with van der Waals surface area (Å²) in [7, 11) is -4.22. The second-order valence-electron chi connectivity index (χ2n) is 8.54. The maximum Gasteiger partial charge on any atom is 0.188 e. The molecule has 2 aromatic rings. The first-order valence-electron chi connectivity index (χ1n) is 10.1. The molecule has 3 aliphatic rings. The quantitative estimate of drug-likeness (QED) is 0.716. The molecule has 0 amide bonds. The Labute approximate surface area is 183 Å². The number of halogens is 3. The van der Waals surface area contributed by atoms with E-state index in [1.165, 1.54) is 24.3 Å². The van der Waals surface area contributed by atoms with Crippen LogP contribution in [0.2, 0.25) is 5.02 Å². The molecule has 0 radical (unpaired) electrons. The van der Waals surface area contributed by atoms with Crippen LogP contribution in [0.3, 0.4) is 0 Å². The second-order valence-corrected chi connectivity index (χ2v) is 11.2. The molecule has 2 aliphatic heterocycles. The summed E-state index contributed by atoms with van der Waals surface area (Å²) in [5.41, 5.74) is -0.272. The van der Waals surface area contributed by atoms with Gasteiger partial charge in [-0.25, -0.2) is 17.2 Å². The minimum absolute atomic E-state index is 0.0139. The molecular formula is C22H21ClF2O5S. The van der Waals surface area contributed by atoms with Gasteiger partial charge in [-0.2, -0.15) is 0 Å². The SMILES string of the molecule is C[C@H]1C(O)O[C@H]2CC[C@@]3(S(=O)(=O)c4ccc(Cl)cc4)c4c(F)ccc(F)c4OC[C@H]3[C@H]21. The van der Waals surface area contributed by atoms with Crippen molar-refractivity contribution in [2.24, 2.45) is 17.8 Å². The number of rotatable bonds is 2. The summed E-state index contributed by atoms with van der Waals surface area (Å²) in [4.78, 5) is -0.0241. The first kappa shape index (κ1) is 21.1. The van der Waals surface area contributed by atoms with Crippen LogP contribution in [-0.4, -0.2) is 32.5 Å². The number of sulfone groups is 1. The Morgan fingerprint density at radius 1 is 1.13 bits per heavy atom. The van der Waals surface area contributed by atoms with Gasteiger partial charge < -0.3 is 14.6 Å². The van der Waals surface area contributed by atoms with Crippen LogP contribution in [0, 0.1) is 29.4 Å². The van der Waals surface area contributed by atoms with Gasteiger partial charge in [-0.15, -0.1) is 0 Å². The van der Waals surface area contributed by atoms with Crippen molar-refractivity contribution in [1.29, 1.82) is 0 Å². The summed E-state index contributed by atoms with van der Waals surface area (Å²) in [6.45, 7) is 1.65. The molecule has 9 heteroatoms. The van der Waals surface area contributed by atoms with Crippen molar-refractivity contribution in [3.63, 3.8) is 0 Å². The summed E-state index contributed by atoms with van der Waals surface area (Å²) in [5, 5.41) is 10.6. The molecular weight excluding hydrogens is 450 g/mol. The lowest BCUT2D eigenvalue weighted by atomic mass is 9.63. The Hall–Kier alpha value is -1.74. The minimum atomic E-state index is -4.22. The van der Waals surface area contributed by atoms with E-state index in [2.05, 4.69) is 0 Å². The smallest absolute Gasteiger partial charge is 0.188 e. The number of benzene rings is 2. The monoisotopic (exact) mass is 470 g/mol. The van der Waals surface area contributed by atoms with Gasteiger partial charge in [-0.05, 0) is 49.2 Å². The Morgan fingerprint density at radius 2 is 1.81 bits per heavy atom. The fraction of sp³-hybridized carbons (Fsp3) is 0.455.